The van der Waals surface area contributed by atoms with E-state index in [4.69, 9.17) is 17.3 Å². The van der Waals surface area contributed by atoms with Gasteiger partial charge in [0.1, 0.15) is 22.8 Å². The van der Waals surface area contributed by atoms with Gasteiger partial charge in [-0.2, -0.15) is 0 Å². The topological polar surface area (TPSA) is 173 Å². The van der Waals surface area contributed by atoms with Gasteiger partial charge in [0, 0.05) is 23.1 Å². The number of aromatic hydroxyl groups is 1. The van der Waals surface area contributed by atoms with Crippen LogP contribution in [0.15, 0.2) is 28.7 Å². The average Bonchev–Trinajstić information content (AvgIpc) is 2.77. The normalized spacial score (nSPS) is 28.2. The lowest BCUT2D eigenvalue weighted by molar-refractivity contribution is -0.148. The van der Waals surface area contributed by atoms with Gasteiger partial charge in [0.05, 0.1) is 11.6 Å². The molecule has 0 fully saturated rings. The summed E-state index contributed by atoms with van der Waals surface area (Å²) in [5.41, 5.74) is 2.53. The highest BCUT2D eigenvalue weighted by molar-refractivity contribution is 6.33. The van der Waals surface area contributed by atoms with Crippen LogP contribution in [0.1, 0.15) is 34.8 Å². The maximum atomic E-state index is 13.5. The van der Waals surface area contributed by atoms with E-state index in [1.54, 1.807) is 14.1 Å². The van der Waals surface area contributed by atoms with Crippen LogP contribution in [-0.2, 0) is 22.6 Å². The zero-order valence-electron chi connectivity index (χ0n) is 19.6. The van der Waals surface area contributed by atoms with E-state index in [0.717, 1.165) is 0 Å². The Kier molecular flexibility index (Phi) is 6.21. The smallest absolute Gasteiger partial charge is 0.255 e. The van der Waals surface area contributed by atoms with Crippen molar-refractivity contribution in [1.82, 2.24) is 10.2 Å². The van der Waals surface area contributed by atoms with Crippen LogP contribution in [0.3, 0.4) is 0 Å². The summed E-state index contributed by atoms with van der Waals surface area (Å²) in [6, 6.07) is 0.337. The van der Waals surface area contributed by atoms with Crippen LogP contribution in [0.2, 0.25) is 5.02 Å². The van der Waals surface area contributed by atoms with Gasteiger partial charge in [-0.1, -0.05) is 18.5 Å². The minimum atomic E-state index is -2.66. The highest BCUT2D eigenvalue weighted by Crippen LogP contribution is 2.53. The van der Waals surface area contributed by atoms with Gasteiger partial charge < -0.3 is 31.5 Å². The maximum absolute atomic E-state index is 13.5. The van der Waals surface area contributed by atoms with Crippen molar-refractivity contribution in [3.05, 3.63) is 50.4 Å². The lowest BCUT2D eigenvalue weighted by Gasteiger charge is -2.50. The van der Waals surface area contributed by atoms with Crippen LogP contribution < -0.4 is 11.1 Å². The van der Waals surface area contributed by atoms with E-state index >= 15 is 0 Å². The molecule has 1 aromatic rings. The Balaban J connectivity index is 1.92. The number of aliphatic hydroxyl groups is 3. The molecular formula is C24H28ClN3O7. The third-order valence-electron chi connectivity index (χ3n) is 7.30. The number of amides is 1. The van der Waals surface area contributed by atoms with Crippen molar-refractivity contribution in [3.63, 3.8) is 0 Å². The summed E-state index contributed by atoms with van der Waals surface area (Å²) in [5, 5.41) is 47.7. The molecule has 3 aliphatic rings. The number of aliphatic hydroxyl groups excluding tert-OH is 2. The molecule has 0 saturated carbocycles. The summed E-state index contributed by atoms with van der Waals surface area (Å²) < 4.78 is 0. The summed E-state index contributed by atoms with van der Waals surface area (Å²) >= 11 is 6.62. The number of carbonyl (C=O) groups excluding carboxylic acids is 3. The van der Waals surface area contributed by atoms with Gasteiger partial charge in [-0.3, -0.25) is 19.3 Å². The van der Waals surface area contributed by atoms with Crippen LogP contribution >= 0.6 is 11.6 Å². The third kappa shape index (κ3) is 3.47. The van der Waals surface area contributed by atoms with Crippen LogP contribution in [0.25, 0.3) is 0 Å². The first-order chi connectivity index (χ1) is 16.4. The fourth-order valence-corrected chi connectivity index (χ4v) is 6.03. The Morgan fingerprint density at radius 1 is 1.29 bits per heavy atom. The van der Waals surface area contributed by atoms with Crippen molar-refractivity contribution in [1.29, 1.82) is 0 Å². The molecule has 0 spiro atoms. The van der Waals surface area contributed by atoms with Crippen LogP contribution in [0, 0.1) is 11.8 Å². The number of hydrogen-bond acceptors (Lipinski definition) is 9. The van der Waals surface area contributed by atoms with Gasteiger partial charge in [-0.15, -0.1) is 0 Å². The molecule has 0 aliphatic heterocycles. The molecule has 7 N–H and O–H groups in total. The van der Waals surface area contributed by atoms with Gasteiger partial charge in [0.2, 0.25) is 5.78 Å². The number of allylic oxidation sites excluding steroid dienone is 1. The number of nitrogens with zero attached hydrogens (tertiary/aromatic N) is 1. The second kappa shape index (κ2) is 8.63. The average molecular weight is 506 g/mol. The first kappa shape index (κ1) is 25.2. The molecule has 11 heteroatoms. The Hall–Kier alpha value is -2.92. The fourth-order valence-electron chi connectivity index (χ4n) is 5.74. The highest BCUT2D eigenvalue weighted by Gasteiger charge is 2.63. The molecule has 0 unspecified atom stereocenters. The van der Waals surface area contributed by atoms with Crippen molar-refractivity contribution in [2.45, 2.75) is 38.0 Å². The number of hydrogen-bond donors (Lipinski definition) is 6. The molecule has 0 bridgehead atoms. The van der Waals surface area contributed by atoms with E-state index in [2.05, 4.69) is 5.32 Å². The monoisotopic (exact) mass is 505 g/mol. The molecule has 35 heavy (non-hydrogen) atoms. The number of benzene rings is 1. The number of fused-ring (bicyclic) bond motifs is 3. The van der Waals surface area contributed by atoms with E-state index in [1.165, 1.54) is 11.0 Å². The van der Waals surface area contributed by atoms with Gasteiger partial charge >= 0.3 is 0 Å². The molecule has 0 aromatic heterocycles. The van der Waals surface area contributed by atoms with E-state index in [-0.39, 0.29) is 29.7 Å². The number of phenolic OH excluding ortho intramolecular Hbond substituents is 1. The predicted octanol–water partition coefficient (Wildman–Crippen LogP) is 0.884. The Morgan fingerprint density at radius 3 is 2.51 bits per heavy atom. The molecule has 1 amide bonds. The molecule has 4 atom stereocenters. The first-order valence-electron chi connectivity index (χ1n) is 11.3. The summed E-state index contributed by atoms with van der Waals surface area (Å²) in [4.78, 5) is 40.3. The summed E-state index contributed by atoms with van der Waals surface area (Å²) in [6.07, 6.45) is 0.168. The standard InChI is InChI=1S/C24H28ClN3O7/c1-4-27-8-10-7-13(29)15-11(17(10)25)5-9-6-12-18(28(2)3)20(31)16(23(26)34)22(33)24(12,35)21(32)14(9)19(15)30/h7,9,12,18,27,29,31-32,35H,4-6,8H2,1-3H3,(H2,26,34)/t9-,12-,18-,24-/m0/s1. The number of halogens is 1. The number of carbonyl (C=O) groups is 3. The van der Waals surface area contributed by atoms with Crippen molar-refractivity contribution in [2.24, 2.45) is 17.6 Å². The molecule has 0 radical (unpaired) electrons. The van der Waals surface area contributed by atoms with E-state index in [0.29, 0.717) is 29.2 Å². The molecule has 3 aliphatic carbocycles. The number of likely N-dealkylation sites (N-methyl/N-ethyl adjacent to an activating group) is 1. The van der Waals surface area contributed by atoms with Gasteiger partial charge in [0.15, 0.2) is 11.4 Å². The van der Waals surface area contributed by atoms with Gasteiger partial charge in [-0.25, -0.2) is 0 Å². The van der Waals surface area contributed by atoms with Crippen molar-refractivity contribution in [3.8, 4) is 5.75 Å². The zero-order chi connectivity index (χ0) is 26.0. The predicted molar refractivity (Wildman–Crippen MR) is 126 cm³/mol. The molecule has 0 saturated heterocycles. The van der Waals surface area contributed by atoms with Crippen LogP contribution in [0.4, 0.5) is 0 Å². The molecule has 0 heterocycles. The molecule has 10 nitrogen and oxygen atoms in total. The number of nitrogens with one attached hydrogen (secondary N) is 1. The number of ketones is 2. The Labute approximate surface area is 206 Å². The zero-order valence-corrected chi connectivity index (χ0v) is 20.3. The van der Waals surface area contributed by atoms with Crippen molar-refractivity contribution < 1.29 is 34.8 Å². The number of Topliss-reactive ketones (excluding diaryl/α,β-unsaturated/α-hetero) is 2. The Morgan fingerprint density at radius 2 is 1.94 bits per heavy atom. The van der Waals surface area contributed by atoms with Crippen LogP contribution in [0.5, 0.6) is 5.75 Å². The summed E-state index contributed by atoms with van der Waals surface area (Å²) in [6.45, 7) is 2.96. The summed E-state index contributed by atoms with van der Waals surface area (Å²) in [7, 11) is 3.16. The third-order valence-corrected chi connectivity index (χ3v) is 7.77. The molecule has 4 rings (SSSR count). The van der Waals surface area contributed by atoms with Crippen molar-refractivity contribution in [2.75, 3.05) is 20.6 Å². The fraction of sp³-hybridized carbons (Fsp3) is 0.458. The quantitative estimate of drug-likeness (QED) is 0.317. The Bertz CT molecular complexity index is 1220. The van der Waals surface area contributed by atoms with E-state index in [1.807, 2.05) is 6.92 Å². The van der Waals surface area contributed by atoms with Gasteiger partial charge in [0.25, 0.3) is 5.91 Å². The molecule has 188 valence electrons. The SMILES string of the molecule is CCNCc1cc(O)c2c(c1Cl)C[C@H]1C[C@H]3[C@H](N(C)C)C(O)=C(C(N)=O)C(=O)[C@@]3(O)C(O)=C1C2=O. The number of rotatable bonds is 5. The number of phenols is 1. The minimum absolute atomic E-state index is 0.0142. The van der Waals surface area contributed by atoms with Crippen LogP contribution in [-0.4, -0.2) is 75.1 Å². The van der Waals surface area contributed by atoms with Crippen molar-refractivity contribution >= 4 is 29.1 Å². The highest BCUT2D eigenvalue weighted by atomic mass is 35.5. The molecular weight excluding hydrogens is 478 g/mol. The second-order valence-electron chi connectivity index (χ2n) is 9.47. The van der Waals surface area contributed by atoms with E-state index < -0.39 is 58.0 Å². The lowest BCUT2D eigenvalue weighted by Crippen LogP contribution is -2.63. The lowest BCUT2D eigenvalue weighted by atomic mass is 9.58. The molecule has 1 aromatic carbocycles. The number of nitrogens with two attached hydrogens (primary N) is 1. The summed E-state index contributed by atoms with van der Waals surface area (Å²) in [5.74, 6) is -6.86. The largest absolute Gasteiger partial charge is 0.510 e. The van der Waals surface area contributed by atoms with E-state index in [9.17, 15) is 34.8 Å². The van der Waals surface area contributed by atoms with Gasteiger partial charge in [-0.05, 0) is 56.6 Å². The number of primary amides is 1. The second-order valence-corrected chi connectivity index (χ2v) is 9.84. The minimum Gasteiger partial charge on any atom is -0.510 e. The first-order valence-corrected chi connectivity index (χ1v) is 11.6. The maximum Gasteiger partial charge on any atom is 0.255 e.